The maximum Gasteiger partial charge on any atom is 0.243 e. The average Bonchev–Trinajstić information content (AvgIpc) is 2.94. The van der Waals surface area contributed by atoms with Crippen LogP contribution >= 0.6 is 0 Å². The number of hydrogen-bond acceptors (Lipinski definition) is 8. The third-order valence-electron chi connectivity index (χ3n) is 6.90. The molecule has 1 aliphatic rings. The minimum Gasteiger partial charge on any atom is -0.508 e. The normalized spacial score (nSPS) is 15.8. The number of benzene rings is 2. The lowest BCUT2D eigenvalue weighted by Crippen LogP contribution is -2.52. The molecule has 0 aliphatic carbocycles. The zero-order valence-corrected chi connectivity index (χ0v) is 21.5. The molecule has 1 N–H and O–H groups in total. The summed E-state index contributed by atoms with van der Waals surface area (Å²) in [5, 5.41) is 11.2. The fourth-order valence-electron chi connectivity index (χ4n) is 4.76. The van der Waals surface area contributed by atoms with Gasteiger partial charge in [0.2, 0.25) is 16.0 Å². The molecule has 0 saturated carbocycles. The van der Waals surface area contributed by atoms with Gasteiger partial charge in [0, 0.05) is 81.4 Å². The Hall–Kier alpha value is -3.60. The first kappa shape index (κ1) is 25.1. The van der Waals surface area contributed by atoms with Gasteiger partial charge in [-0.05, 0) is 42.3 Å². The molecule has 1 aliphatic heterocycles. The number of piperazine rings is 1. The van der Waals surface area contributed by atoms with Gasteiger partial charge in [0.05, 0.1) is 4.90 Å². The highest BCUT2D eigenvalue weighted by atomic mass is 32.2. The Morgan fingerprint density at radius 3 is 2.41 bits per heavy atom. The summed E-state index contributed by atoms with van der Waals surface area (Å²) in [5.41, 5.74) is 0.961. The highest BCUT2D eigenvalue weighted by molar-refractivity contribution is 7.89. The Balaban J connectivity index is 1.39. The van der Waals surface area contributed by atoms with Crippen molar-refractivity contribution >= 4 is 26.7 Å². The van der Waals surface area contributed by atoms with Crippen molar-refractivity contribution in [2.75, 3.05) is 44.7 Å². The van der Waals surface area contributed by atoms with E-state index in [9.17, 15) is 13.5 Å². The summed E-state index contributed by atoms with van der Waals surface area (Å²) >= 11 is 0. The molecule has 1 fully saturated rings. The maximum atomic E-state index is 13.9. The molecule has 2 aromatic carbocycles. The summed E-state index contributed by atoms with van der Waals surface area (Å²) in [5.74, 6) is 0.901. The van der Waals surface area contributed by atoms with Gasteiger partial charge in [0.1, 0.15) is 5.75 Å². The van der Waals surface area contributed by atoms with E-state index in [2.05, 4.69) is 24.8 Å². The molecular weight excluding hydrogens is 488 g/mol. The Morgan fingerprint density at radius 2 is 1.68 bits per heavy atom. The summed E-state index contributed by atoms with van der Waals surface area (Å²) < 4.78 is 29.4. The van der Waals surface area contributed by atoms with Crippen LogP contribution in [-0.2, 0) is 16.4 Å². The second kappa shape index (κ2) is 10.8. The summed E-state index contributed by atoms with van der Waals surface area (Å²) in [6.45, 7) is 3.66. The van der Waals surface area contributed by atoms with Crippen molar-refractivity contribution in [2.24, 2.45) is 0 Å². The van der Waals surface area contributed by atoms with E-state index < -0.39 is 10.0 Å². The van der Waals surface area contributed by atoms with Gasteiger partial charge in [0.15, 0.2) is 0 Å². The quantitative estimate of drug-likeness (QED) is 0.380. The summed E-state index contributed by atoms with van der Waals surface area (Å²) in [6.07, 6.45) is 7.30. The van der Waals surface area contributed by atoms with Gasteiger partial charge in [-0.25, -0.2) is 18.4 Å². The van der Waals surface area contributed by atoms with Gasteiger partial charge in [0.25, 0.3) is 0 Å². The Kier molecular flexibility index (Phi) is 7.31. The van der Waals surface area contributed by atoms with Crippen LogP contribution in [0.5, 0.6) is 5.75 Å². The smallest absolute Gasteiger partial charge is 0.243 e. The molecule has 10 heteroatoms. The lowest BCUT2D eigenvalue weighted by Gasteiger charge is -2.38. The van der Waals surface area contributed by atoms with Crippen LogP contribution < -0.4 is 4.90 Å². The van der Waals surface area contributed by atoms with Crippen LogP contribution in [0.2, 0.25) is 0 Å². The van der Waals surface area contributed by atoms with Crippen LogP contribution in [0.25, 0.3) is 10.8 Å². The molecule has 192 valence electrons. The van der Waals surface area contributed by atoms with E-state index in [1.165, 1.54) is 4.31 Å². The van der Waals surface area contributed by atoms with Gasteiger partial charge in [-0.2, -0.15) is 4.31 Å². The number of phenolic OH excluding ortho intramolecular Hbond substituents is 1. The number of nitrogens with zero attached hydrogens (tertiary/aromatic N) is 6. The van der Waals surface area contributed by atoms with Crippen LogP contribution in [0, 0.1) is 0 Å². The van der Waals surface area contributed by atoms with Crippen molar-refractivity contribution in [1.29, 1.82) is 0 Å². The summed E-state index contributed by atoms with van der Waals surface area (Å²) in [6, 6.07) is 15.5. The lowest BCUT2D eigenvalue weighted by molar-refractivity contribution is 0.200. The molecule has 37 heavy (non-hydrogen) atoms. The standard InChI is InChI=1S/C27H30N6O3S/c1-31(37(35,36)26-5-2-4-22-19-28-13-10-25(22)26)23(18-21-6-8-24(34)9-7-21)20-32-14-16-33(17-15-32)27-29-11-3-12-30-27/h2-13,19,23,34H,14-18,20H2,1H3. The fourth-order valence-corrected chi connectivity index (χ4v) is 6.32. The number of pyridine rings is 1. The predicted octanol–water partition coefficient (Wildman–Crippen LogP) is 2.78. The van der Waals surface area contributed by atoms with E-state index in [0.717, 1.165) is 37.1 Å². The number of likely N-dealkylation sites (N-methyl/N-ethyl adjacent to an activating group) is 1. The average molecular weight is 519 g/mol. The first-order valence-corrected chi connectivity index (χ1v) is 13.7. The van der Waals surface area contributed by atoms with Gasteiger partial charge in [-0.15, -0.1) is 0 Å². The van der Waals surface area contributed by atoms with E-state index in [1.54, 1.807) is 68.2 Å². The molecule has 5 rings (SSSR count). The molecule has 0 amide bonds. The Bertz CT molecular complexity index is 1440. The minimum absolute atomic E-state index is 0.185. The highest BCUT2D eigenvalue weighted by Gasteiger charge is 2.32. The van der Waals surface area contributed by atoms with Gasteiger partial charge < -0.3 is 10.0 Å². The van der Waals surface area contributed by atoms with E-state index in [-0.39, 0.29) is 16.7 Å². The number of anilines is 1. The number of aromatic nitrogens is 3. The molecule has 3 heterocycles. The Labute approximate surface area is 217 Å². The summed E-state index contributed by atoms with van der Waals surface area (Å²) in [7, 11) is -2.14. The molecule has 1 atom stereocenters. The number of aromatic hydroxyl groups is 1. The molecule has 0 spiro atoms. The minimum atomic E-state index is -3.80. The van der Waals surface area contributed by atoms with Gasteiger partial charge in [-0.1, -0.05) is 24.3 Å². The van der Waals surface area contributed by atoms with Crippen molar-refractivity contribution in [3.8, 4) is 5.75 Å². The topological polar surface area (TPSA) is 103 Å². The highest BCUT2D eigenvalue weighted by Crippen LogP contribution is 2.27. The van der Waals surface area contributed by atoms with Crippen LogP contribution in [0.1, 0.15) is 5.56 Å². The van der Waals surface area contributed by atoms with Gasteiger partial charge >= 0.3 is 0 Å². The molecule has 2 aromatic heterocycles. The third kappa shape index (κ3) is 5.56. The van der Waals surface area contributed by atoms with Crippen molar-refractivity contribution in [3.63, 3.8) is 0 Å². The van der Waals surface area contributed by atoms with Crippen molar-refractivity contribution in [3.05, 3.63) is 84.9 Å². The summed E-state index contributed by atoms with van der Waals surface area (Å²) in [4.78, 5) is 17.6. The number of phenols is 1. The molecule has 1 unspecified atom stereocenters. The van der Waals surface area contributed by atoms with Crippen LogP contribution in [0.4, 0.5) is 5.95 Å². The van der Waals surface area contributed by atoms with E-state index in [4.69, 9.17) is 0 Å². The molecule has 0 radical (unpaired) electrons. The number of sulfonamides is 1. The SMILES string of the molecule is CN(C(Cc1ccc(O)cc1)CN1CCN(c2ncccn2)CC1)S(=O)(=O)c1cccc2cnccc12. The molecule has 0 bridgehead atoms. The van der Waals surface area contributed by atoms with Crippen molar-refractivity contribution in [2.45, 2.75) is 17.4 Å². The van der Waals surface area contributed by atoms with E-state index in [0.29, 0.717) is 24.3 Å². The van der Waals surface area contributed by atoms with Crippen molar-refractivity contribution in [1.82, 2.24) is 24.2 Å². The molecule has 9 nitrogen and oxygen atoms in total. The second-order valence-electron chi connectivity index (χ2n) is 9.24. The van der Waals surface area contributed by atoms with Crippen LogP contribution in [0.15, 0.2) is 84.3 Å². The van der Waals surface area contributed by atoms with Crippen LogP contribution in [-0.4, -0.2) is 83.5 Å². The van der Waals surface area contributed by atoms with Gasteiger partial charge in [-0.3, -0.25) is 9.88 Å². The van der Waals surface area contributed by atoms with E-state index in [1.807, 2.05) is 18.2 Å². The molecule has 4 aromatic rings. The second-order valence-corrected chi connectivity index (χ2v) is 11.2. The zero-order valence-electron chi connectivity index (χ0n) is 20.7. The lowest BCUT2D eigenvalue weighted by atomic mass is 10.0. The predicted molar refractivity (Wildman–Crippen MR) is 143 cm³/mol. The largest absolute Gasteiger partial charge is 0.508 e. The molecular formula is C27H30N6O3S. The fraction of sp³-hybridized carbons (Fsp3) is 0.296. The Morgan fingerprint density at radius 1 is 0.946 bits per heavy atom. The first-order valence-electron chi connectivity index (χ1n) is 12.2. The maximum absolute atomic E-state index is 13.9. The number of hydrogen-bond donors (Lipinski definition) is 1. The first-order chi connectivity index (χ1) is 17.9. The number of rotatable bonds is 8. The molecule has 1 saturated heterocycles. The number of fused-ring (bicyclic) bond motifs is 1. The zero-order chi connectivity index (χ0) is 25.8. The third-order valence-corrected chi connectivity index (χ3v) is 8.86. The van der Waals surface area contributed by atoms with E-state index >= 15 is 0 Å². The monoisotopic (exact) mass is 518 g/mol. The van der Waals surface area contributed by atoms with Crippen LogP contribution in [0.3, 0.4) is 0 Å². The van der Waals surface area contributed by atoms with Crippen molar-refractivity contribution < 1.29 is 13.5 Å².